The second-order valence-corrected chi connectivity index (χ2v) is 2.08. The van der Waals surface area contributed by atoms with Gasteiger partial charge < -0.3 is 4.52 Å². The molecule has 0 bridgehead atoms. The number of alkyl halides is 1. The Hall–Kier alpha value is -0.260. The zero-order chi connectivity index (χ0) is 5.98. The van der Waals surface area contributed by atoms with Gasteiger partial charge in [0.25, 0.3) is 5.56 Å². The first-order chi connectivity index (χ1) is 3.83. The third-order valence-corrected chi connectivity index (χ3v) is 1.46. The number of hydrogen-bond donors (Lipinski definition) is 1. The molecule has 4 heteroatoms. The van der Waals surface area contributed by atoms with Crippen molar-refractivity contribution in [2.24, 2.45) is 0 Å². The lowest BCUT2D eigenvalue weighted by molar-refractivity contribution is 0.391. The van der Waals surface area contributed by atoms with Gasteiger partial charge in [-0.05, 0) is 0 Å². The summed E-state index contributed by atoms with van der Waals surface area (Å²) in [6, 6.07) is 1.44. The Morgan fingerprint density at radius 2 is 2.62 bits per heavy atom. The Morgan fingerprint density at radius 1 is 1.88 bits per heavy atom. The molecule has 0 atom stereocenters. The Bertz CT molecular complexity index is 214. The predicted molar refractivity (Wildman–Crippen MR) is 37.1 cm³/mol. The third kappa shape index (κ3) is 1.12. The summed E-state index contributed by atoms with van der Waals surface area (Å²) in [6.45, 7) is 0. The zero-order valence-electron chi connectivity index (χ0n) is 3.98. The van der Waals surface area contributed by atoms with Gasteiger partial charge in [-0.3, -0.25) is 4.79 Å². The van der Waals surface area contributed by atoms with Crippen LogP contribution in [0.15, 0.2) is 15.4 Å². The van der Waals surface area contributed by atoms with Gasteiger partial charge in [-0.25, -0.2) is 0 Å². The fourth-order valence-corrected chi connectivity index (χ4v) is 0.763. The Kier molecular flexibility index (Phi) is 1.72. The van der Waals surface area contributed by atoms with Crippen molar-refractivity contribution in [3.63, 3.8) is 0 Å². The summed E-state index contributed by atoms with van der Waals surface area (Å²) in [6.07, 6.45) is 0. The molecule has 0 unspecified atom stereocenters. The van der Waals surface area contributed by atoms with Crippen LogP contribution in [0.3, 0.4) is 0 Å². The highest BCUT2D eigenvalue weighted by molar-refractivity contribution is 14.1. The van der Waals surface area contributed by atoms with Gasteiger partial charge >= 0.3 is 0 Å². The van der Waals surface area contributed by atoms with Crippen LogP contribution >= 0.6 is 22.6 Å². The van der Waals surface area contributed by atoms with E-state index in [-0.39, 0.29) is 5.56 Å². The minimum atomic E-state index is -0.170. The standard InChI is InChI=1S/C4H4INO2/c5-2-3-1-4(7)6-8-3/h1H,2H2,(H,6,7). The first kappa shape index (κ1) is 5.87. The number of nitrogens with one attached hydrogen (secondary N) is 1. The molecule has 0 saturated heterocycles. The van der Waals surface area contributed by atoms with Crippen molar-refractivity contribution < 1.29 is 4.52 Å². The molecule has 3 nitrogen and oxygen atoms in total. The summed E-state index contributed by atoms with van der Waals surface area (Å²) in [5.74, 6) is 0.690. The molecule has 8 heavy (non-hydrogen) atoms. The highest BCUT2D eigenvalue weighted by Gasteiger charge is 1.92. The molecule has 1 aromatic heterocycles. The average molecular weight is 225 g/mol. The summed E-state index contributed by atoms with van der Waals surface area (Å²) >= 11 is 2.11. The first-order valence-electron chi connectivity index (χ1n) is 2.06. The van der Waals surface area contributed by atoms with Crippen molar-refractivity contribution >= 4 is 22.6 Å². The largest absolute Gasteiger partial charge is 0.383 e. The van der Waals surface area contributed by atoms with Gasteiger partial charge in [-0.1, -0.05) is 22.6 Å². The lowest BCUT2D eigenvalue weighted by Crippen LogP contribution is -1.92. The van der Waals surface area contributed by atoms with Crippen molar-refractivity contribution in [3.8, 4) is 0 Å². The van der Waals surface area contributed by atoms with E-state index in [4.69, 9.17) is 0 Å². The van der Waals surface area contributed by atoms with Crippen LogP contribution in [0.4, 0.5) is 0 Å². The molecule has 0 fully saturated rings. The summed E-state index contributed by atoms with van der Waals surface area (Å²) in [7, 11) is 0. The Morgan fingerprint density at radius 3 is 2.88 bits per heavy atom. The van der Waals surface area contributed by atoms with E-state index in [9.17, 15) is 4.79 Å². The fourth-order valence-electron chi connectivity index (χ4n) is 0.387. The topological polar surface area (TPSA) is 46.0 Å². The number of H-pyrrole nitrogens is 1. The van der Waals surface area contributed by atoms with E-state index in [1.54, 1.807) is 0 Å². The molecule has 1 N–H and O–H groups in total. The fraction of sp³-hybridized carbons (Fsp3) is 0.250. The van der Waals surface area contributed by atoms with Gasteiger partial charge in [0.05, 0.1) is 4.43 Å². The first-order valence-corrected chi connectivity index (χ1v) is 3.59. The molecular formula is C4H4INO2. The van der Waals surface area contributed by atoms with Crippen LogP contribution < -0.4 is 5.56 Å². The number of aromatic nitrogens is 1. The average Bonchev–Trinajstić information content (AvgIpc) is 2.14. The molecule has 0 aliphatic rings. The molecule has 0 spiro atoms. The van der Waals surface area contributed by atoms with E-state index in [1.165, 1.54) is 6.07 Å². The van der Waals surface area contributed by atoms with Crippen LogP contribution in [0.5, 0.6) is 0 Å². The number of rotatable bonds is 1. The van der Waals surface area contributed by atoms with E-state index < -0.39 is 0 Å². The minimum Gasteiger partial charge on any atom is -0.383 e. The zero-order valence-corrected chi connectivity index (χ0v) is 6.14. The van der Waals surface area contributed by atoms with E-state index in [0.717, 1.165) is 4.43 Å². The second-order valence-electron chi connectivity index (χ2n) is 1.31. The number of halogens is 1. The van der Waals surface area contributed by atoms with Crippen LogP contribution in [-0.4, -0.2) is 5.16 Å². The van der Waals surface area contributed by atoms with Gasteiger partial charge in [-0.2, -0.15) is 5.16 Å². The highest BCUT2D eigenvalue weighted by atomic mass is 127. The molecule has 0 aliphatic heterocycles. The molecule has 0 saturated carbocycles. The summed E-state index contributed by atoms with van der Waals surface area (Å²) < 4.78 is 5.40. The van der Waals surface area contributed by atoms with Crippen molar-refractivity contribution in [3.05, 3.63) is 22.2 Å². The Balaban J connectivity index is 3.01. The van der Waals surface area contributed by atoms with Crippen LogP contribution in [0.2, 0.25) is 0 Å². The Labute approximate surface area is 59.2 Å². The van der Waals surface area contributed by atoms with Gasteiger partial charge in [0.2, 0.25) is 0 Å². The molecular weight excluding hydrogens is 221 g/mol. The number of hydrogen-bond acceptors (Lipinski definition) is 2. The smallest absolute Gasteiger partial charge is 0.280 e. The summed E-state index contributed by atoms with van der Waals surface area (Å²) in [4.78, 5) is 10.3. The molecule has 0 amide bonds. The van der Waals surface area contributed by atoms with E-state index in [1.807, 2.05) is 0 Å². The molecule has 1 heterocycles. The van der Waals surface area contributed by atoms with Gasteiger partial charge in [0.1, 0.15) is 5.76 Å². The van der Waals surface area contributed by atoms with E-state index >= 15 is 0 Å². The van der Waals surface area contributed by atoms with E-state index in [2.05, 4.69) is 32.3 Å². The maximum absolute atomic E-state index is 10.3. The molecule has 0 aliphatic carbocycles. The minimum absolute atomic E-state index is 0.170. The predicted octanol–water partition coefficient (Wildman–Crippen LogP) is 0.903. The third-order valence-electron chi connectivity index (χ3n) is 0.707. The van der Waals surface area contributed by atoms with Gasteiger partial charge in [-0.15, -0.1) is 0 Å². The van der Waals surface area contributed by atoms with Crippen molar-refractivity contribution in [2.45, 2.75) is 4.43 Å². The highest BCUT2D eigenvalue weighted by Crippen LogP contribution is 1.98. The maximum Gasteiger partial charge on any atom is 0.280 e. The monoisotopic (exact) mass is 225 g/mol. The maximum atomic E-state index is 10.3. The molecule has 0 radical (unpaired) electrons. The van der Waals surface area contributed by atoms with Crippen molar-refractivity contribution in [2.75, 3.05) is 0 Å². The van der Waals surface area contributed by atoms with Crippen LogP contribution in [-0.2, 0) is 4.43 Å². The number of aromatic amines is 1. The quantitative estimate of drug-likeness (QED) is 0.570. The van der Waals surface area contributed by atoms with Gasteiger partial charge in [0, 0.05) is 6.07 Å². The molecule has 44 valence electrons. The summed E-state index contributed by atoms with van der Waals surface area (Å²) in [5, 5.41) is 2.18. The van der Waals surface area contributed by atoms with Crippen LogP contribution in [0.25, 0.3) is 0 Å². The normalized spacial score (nSPS) is 9.62. The van der Waals surface area contributed by atoms with E-state index in [0.29, 0.717) is 5.76 Å². The molecule has 0 aromatic carbocycles. The van der Waals surface area contributed by atoms with Crippen molar-refractivity contribution in [1.29, 1.82) is 0 Å². The lowest BCUT2D eigenvalue weighted by atomic mass is 10.5. The van der Waals surface area contributed by atoms with Crippen LogP contribution in [0.1, 0.15) is 5.76 Å². The molecule has 1 aromatic rings. The lowest BCUT2D eigenvalue weighted by Gasteiger charge is -1.75. The van der Waals surface area contributed by atoms with Gasteiger partial charge in [0.15, 0.2) is 0 Å². The van der Waals surface area contributed by atoms with Crippen LogP contribution in [0, 0.1) is 0 Å². The summed E-state index contributed by atoms with van der Waals surface area (Å²) in [5.41, 5.74) is -0.170. The second kappa shape index (κ2) is 2.34. The van der Waals surface area contributed by atoms with Crippen molar-refractivity contribution in [1.82, 2.24) is 5.16 Å². The molecule has 1 rings (SSSR count). The SMILES string of the molecule is O=c1cc(CI)o[nH]1.